The van der Waals surface area contributed by atoms with Crippen LogP contribution in [-0.4, -0.2) is 15.2 Å². The van der Waals surface area contributed by atoms with Crippen molar-refractivity contribution in [2.75, 3.05) is 0 Å². The number of hydrogen-bond donors (Lipinski definition) is 0. The number of pyridine rings is 1. The van der Waals surface area contributed by atoms with Gasteiger partial charge < -0.3 is 4.40 Å². The summed E-state index contributed by atoms with van der Waals surface area (Å²) in [5.74, 6) is 1.72. The van der Waals surface area contributed by atoms with Gasteiger partial charge >= 0.3 is 0 Å². The van der Waals surface area contributed by atoms with E-state index in [4.69, 9.17) is 0 Å². The van der Waals surface area contributed by atoms with Crippen molar-refractivity contribution in [2.24, 2.45) is 0 Å². The number of halogens is 1. The van der Waals surface area contributed by atoms with E-state index in [2.05, 4.69) is 20.9 Å². The van der Waals surface area contributed by atoms with Crippen molar-refractivity contribution >= 4 is 27.2 Å². The first-order valence-corrected chi connectivity index (χ1v) is 6.15. The molecule has 0 aliphatic heterocycles. The maximum atomic E-state index is 11.5. The quantitative estimate of drug-likeness (QED) is 0.791. The van der Waals surface area contributed by atoms with Crippen LogP contribution in [0.2, 0.25) is 0 Å². The van der Waals surface area contributed by atoms with Crippen LogP contribution in [0, 0.1) is 0 Å². The van der Waals surface area contributed by atoms with Gasteiger partial charge in [-0.25, -0.2) is 4.98 Å². The molecule has 82 valence electrons. The lowest BCUT2D eigenvalue weighted by Gasteiger charge is -2.02. The number of aromatic nitrogens is 2. The van der Waals surface area contributed by atoms with Gasteiger partial charge in [0.2, 0.25) is 0 Å². The molecule has 3 nitrogen and oxygen atoms in total. The highest BCUT2D eigenvalue weighted by molar-refractivity contribution is 9.10. The highest BCUT2D eigenvalue weighted by Crippen LogP contribution is 2.41. The maximum Gasteiger partial charge on any atom is 0.162 e. The molecule has 1 aliphatic carbocycles. The van der Waals surface area contributed by atoms with Crippen molar-refractivity contribution in [3.63, 3.8) is 0 Å². The summed E-state index contributed by atoms with van der Waals surface area (Å²) in [6.45, 7) is 1.59. The smallest absolute Gasteiger partial charge is 0.162 e. The lowest BCUT2D eigenvalue weighted by Crippen LogP contribution is -1.98. The summed E-state index contributed by atoms with van der Waals surface area (Å²) in [5.41, 5.74) is 1.63. The van der Waals surface area contributed by atoms with E-state index in [0.717, 1.165) is 21.5 Å². The minimum absolute atomic E-state index is 0.0774. The van der Waals surface area contributed by atoms with Gasteiger partial charge in [0.25, 0.3) is 0 Å². The molecule has 0 bridgehead atoms. The lowest BCUT2D eigenvalue weighted by molar-refractivity contribution is 0.101. The Labute approximate surface area is 102 Å². The zero-order valence-corrected chi connectivity index (χ0v) is 10.5. The molecule has 0 spiro atoms. The number of hydrogen-bond acceptors (Lipinski definition) is 2. The van der Waals surface area contributed by atoms with E-state index in [1.165, 1.54) is 12.8 Å². The molecular weight excluding hydrogens is 268 g/mol. The van der Waals surface area contributed by atoms with Crippen molar-refractivity contribution in [3.05, 3.63) is 34.3 Å². The highest BCUT2D eigenvalue weighted by Gasteiger charge is 2.29. The first-order valence-electron chi connectivity index (χ1n) is 5.36. The molecule has 0 saturated heterocycles. The Morgan fingerprint density at radius 3 is 2.94 bits per heavy atom. The molecule has 2 aromatic rings. The summed E-state index contributed by atoms with van der Waals surface area (Å²) in [4.78, 5) is 16.1. The SMILES string of the molecule is CC(=O)c1cccn2c(C3CC3)nc(Br)c12. The molecule has 0 N–H and O–H groups in total. The monoisotopic (exact) mass is 278 g/mol. The minimum atomic E-state index is 0.0774. The predicted molar refractivity (Wildman–Crippen MR) is 64.9 cm³/mol. The van der Waals surface area contributed by atoms with Gasteiger partial charge in [0.15, 0.2) is 5.78 Å². The van der Waals surface area contributed by atoms with Gasteiger partial charge in [-0.15, -0.1) is 0 Å². The van der Waals surface area contributed by atoms with Crippen molar-refractivity contribution in [2.45, 2.75) is 25.7 Å². The highest BCUT2D eigenvalue weighted by atomic mass is 79.9. The van der Waals surface area contributed by atoms with E-state index in [9.17, 15) is 4.79 Å². The fourth-order valence-electron chi connectivity index (χ4n) is 2.03. The summed E-state index contributed by atoms with van der Waals surface area (Å²) in [5, 5.41) is 0. The molecule has 0 aromatic carbocycles. The average Bonchev–Trinajstić information content (AvgIpc) is 3.04. The number of imidazole rings is 1. The number of nitrogens with zero attached hydrogens (tertiary/aromatic N) is 2. The van der Waals surface area contributed by atoms with Crippen LogP contribution in [0.3, 0.4) is 0 Å². The number of Topliss-reactive ketones (excluding diaryl/α,β-unsaturated/α-hetero) is 1. The summed E-state index contributed by atoms with van der Waals surface area (Å²) in [7, 11) is 0. The first kappa shape index (κ1) is 10.0. The maximum absolute atomic E-state index is 11.5. The Bertz CT molecular complexity index is 584. The second kappa shape index (κ2) is 3.42. The van der Waals surface area contributed by atoms with Crippen molar-refractivity contribution in [3.8, 4) is 0 Å². The van der Waals surface area contributed by atoms with Crippen LogP contribution in [0.15, 0.2) is 22.9 Å². The molecule has 1 saturated carbocycles. The number of rotatable bonds is 2. The molecule has 3 rings (SSSR count). The van der Waals surface area contributed by atoms with E-state index >= 15 is 0 Å². The molecule has 0 amide bonds. The standard InChI is InChI=1S/C12H11BrN2O/c1-7(16)9-3-2-6-15-10(9)11(13)14-12(15)8-4-5-8/h2-3,6,8H,4-5H2,1H3. The van der Waals surface area contributed by atoms with Gasteiger partial charge in [-0.3, -0.25) is 4.79 Å². The predicted octanol–water partition coefficient (Wildman–Crippen LogP) is 3.18. The summed E-state index contributed by atoms with van der Waals surface area (Å²) in [6.07, 6.45) is 4.39. The van der Waals surface area contributed by atoms with E-state index in [-0.39, 0.29) is 5.78 Å². The summed E-state index contributed by atoms with van der Waals surface area (Å²) >= 11 is 3.45. The van der Waals surface area contributed by atoms with E-state index in [1.54, 1.807) is 6.92 Å². The third-order valence-electron chi connectivity index (χ3n) is 2.97. The Hall–Kier alpha value is -1.16. The third-order valence-corrected chi connectivity index (χ3v) is 3.52. The molecule has 2 aromatic heterocycles. The van der Waals surface area contributed by atoms with Gasteiger partial charge in [0, 0.05) is 17.7 Å². The molecular formula is C12H11BrN2O. The van der Waals surface area contributed by atoms with Gasteiger partial charge in [-0.05, 0) is 47.8 Å². The molecule has 4 heteroatoms. The van der Waals surface area contributed by atoms with Crippen LogP contribution < -0.4 is 0 Å². The van der Waals surface area contributed by atoms with Gasteiger partial charge in [-0.1, -0.05) is 0 Å². The molecule has 16 heavy (non-hydrogen) atoms. The number of fused-ring (bicyclic) bond motifs is 1. The molecule has 1 fully saturated rings. The summed E-state index contributed by atoms with van der Waals surface area (Å²) in [6, 6.07) is 3.75. The van der Waals surface area contributed by atoms with Crippen LogP contribution in [0.5, 0.6) is 0 Å². The van der Waals surface area contributed by atoms with E-state index in [0.29, 0.717) is 5.92 Å². The van der Waals surface area contributed by atoms with Crippen LogP contribution in [-0.2, 0) is 0 Å². The normalized spacial score (nSPS) is 15.6. The number of ketones is 1. The van der Waals surface area contributed by atoms with E-state index < -0.39 is 0 Å². The van der Waals surface area contributed by atoms with Crippen LogP contribution in [0.4, 0.5) is 0 Å². The Morgan fingerprint density at radius 2 is 2.31 bits per heavy atom. The fraction of sp³-hybridized carbons (Fsp3) is 0.333. The van der Waals surface area contributed by atoms with Crippen LogP contribution >= 0.6 is 15.9 Å². The number of carbonyl (C=O) groups excluding carboxylic acids is 1. The van der Waals surface area contributed by atoms with Crippen LogP contribution in [0.1, 0.15) is 41.9 Å². The largest absolute Gasteiger partial charge is 0.302 e. The van der Waals surface area contributed by atoms with Crippen molar-refractivity contribution in [1.82, 2.24) is 9.38 Å². The van der Waals surface area contributed by atoms with Gasteiger partial charge in [0.05, 0.1) is 5.52 Å². The van der Waals surface area contributed by atoms with Crippen molar-refractivity contribution < 1.29 is 4.79 Å². The van der Waals surface area contributed by atoms with E-state index in [1.807, 2.05) is 22.7 Å². The zero-order valence-electron chi connectivity index (χ0n) is 8.90. The second-order valence-electron chi connectivity index (χ2n) is 4.23. The topological polar surface area (TPSA) is 34.4 Å². The molecule has 0 radical (unpaired) electrons. The Morgan fingerprint density at radius 1 is 1.56 bits per heavy atom. The van der Waals surface area contributed by atoms with Crippen molar-refractivity contribution in [1.29, 1.82) is 0 Å². The fourth-order valence-corrected chi connectivity index (χ4v) is 2.62. The first-order chi connectivity index (χ1) is 7.68. The van der Waals surface area contributed by atoms with Gasteiger partial charge in [0.1, 0.15) is 10.4 Å². The van der Waals surface area contributed by atoms with Crippen LogP contribution in [0.25, 0.3) is 5.52 Å². The lowest BCUT2D eigenvalue weighted by atomic mass is 10.2. The molecule has 2 heterocycles. The number of carbonyl (C=O) groups is 1. The zero-order chi connectivity index (χ0) is 11.3. The Kier molecular flexibility index (Phi) is 2.14. The third kappa shape index (κ3) is 1.40. The Balaban J connectivity index is 2.35. The minimum Gasteiger partial charge on any atom is -0.302 e. The van der Waals surface area contributed by atoms with Gasteiger partial charge in [-0.2, -0.15) is 0 Å². The molecule has 1 aliphatic rings. The molecule has 0 unspecified atom stereocenters. The summed E-state index contributed by atoms with van der Waals surface area (Å²) < 4.78 is 2.82. The second-order valence-corrected chi connectivity index (χ2v) is 4.98. The average molecular weight is 279 g/mol. The molecule has 0 atom stereocenters.